The van der Waals surface area contributed by atoms with Crippen molar-refractivity contribution in [1.82, 2.24) is 4.90 Å². The maximum Gasteiger partial charge on any atom is 0.324 e. The number of benzene rings is 1. The summed E-state index contributed by atoms with van der Waals surface area (Å²) >= 11 is 0. The number of likely N-dealkylation sites (N-methyl/N-ethyl adjacent to an activating group) is 1. The normalized spacial score (nSPS) is 12.4. The van der Waals surface area contributed by atoms with E-state index in [0.29, 0.717) is 6.54 Å². The first-order valence-corrected chi connectivity index (χ1v) is 4.74. The summed E-state index contributed by atoms with van der Waals surface area (Å²) in [5.41, 5.74) is 1.09. The third-order valence-electron chi connectivity index (χ3n) is 2.23. The van der Waals surface area contributed by atoms with E-state index in [0.717, 1.165) is 5.56 Å². The first-order chi connectivity index (χ1) is 7.15. The lowest BCUT2D eigenvalue weighted by Crippen LogP contribution is -2.36. The lowest BCUT2D eigenvalue weighted by molar-refractivity contribution is -0.141. The van der Waals surface area contributed by atoms with Crippen LogP contribution < -0.4 is 0 Å². The molecule has 1 N–H and O–H groups in total. The summed E-state index contributed by atoms with van der Waals surface area (Å²) in [6.45, 7) is 4.12. The van der Waals surface area contributed by atoms with Crippen LogP contribution in [0, 0.1) is 0 Å². The zero-order valence-electron chi connectivity index (χ0n) is 8.76. The molecule has 0 spiro atoms. The molecular weight excluding hydrogens is 190 g/mol. The van der Waals surface area contributed by atoms with Crippen LogP contribution in [0.3, 0.4) is 0 Å². The summed E-state index contributed by atoms with van der Waals surface area (Å²) < 4.78 is 0. The summed E-state index contributed by atoms with van der Waals surface area (Å²) in [6, 6.07) is 9.12. The third kappa shape index (κ3) is 3.22. The van der Waals surface area contributed by atoms with Crippen LogP contribution in [0.1, 0.15) is 5.56 Å². The van der Waals surface area contributed by atoms with E-state index in [2.05, 4.69) is 6.58 Å². The highest BCUT2D eigenvalue weighted by Crippen LogP contribution is 2.06. The fourth-order valence-electron chi connectivity index (χ4n) is 1.44. The molecule has 0 fully saturated rings. The molecule has 15 heavy (non-hydrogen) atoms. The second-order valence-electron chi connectivity index (χ2n) is 3.42. The van der Waals surface area contributed by atoms with Gasteiger partial charge in [0.2, 0.25) is 0 Å². The molecular formula is C12H15NO2. The summed E-state index contributed by atoms with van der Waals surface area (Å²) in [7, 11) is 1.77. The van der Waals surface area contributed by atoms with Crippen molar-refractivity contribution < 1.29 is 9.90 Å². The zero-order chi connectivity index (χ0) is 11.3. The molecule has 0 radical (unpaired) electrons. The van der Waals surface area contributed by atoms with Gasteiger partial charge in [-0.2, -0.15) is 0 Å². The van der Waals surface area contributed by atoms with Crippen molar-refractivity contribution in [2.24, 2.45) is 0 Å². The van der Waals surface area contributed by atoms with Gasteiger partial charge in [0.1, 0.15) is 6.04 Å². The first-order valence-electron chi connectivity index (χ1n) is 4.74. The minimum absolute atomic E-state index is 0.601. The average Bonchev–Trinajstić information content (AvgIpc) is 2.19. The van der Waals surface area contributed by atoms with Crippen molar-refractivity contribution in [1.29, 1.82) is 0 Å². The van der Waals surface area contributed by atoms with Gasteiger partial charge in [-0.15, -0.1) is 6.58 Å². The van der Waals surface area contributed by atoms with Crippen molar-refractivity contribution in [3.63, 3.8) is 0 Å². The minimum Gasteiger partial charge on any atom is -0.480 e. The molecule has 1 unspecified atom stereocenters. The standard InChI is InChI=1S/C12H15NO2/c1-3-11(12(14)15)13(2)9-10-7-5-4-6-8-10/h3-8,11H,1,9H2,2H3,(H,14,15). The van der Waals surface area contributed by atoms with Crippen molar-refractivity contribution in [3.05, 3.63) is 48.6 Å². The fraction of sp³-hybridized carbons (Fsp3) is 0.250. The van der Waals surface area contributed by atoms with Crippen LogP contribution >= 0.6 is 0 Å². The lowest BCUT2D eigenvalue weighted by Gasteiger charge is -2.21. The number of aliphatic carboxylic acids is 1. The van der Waals surface area contributed by atoms with E-state index in [9.17, 15) is 4.79 Å². The highest BCUT2D eigenvalue weighted by molar-refractivity contribution is 5.75. The number of nitrogens with zero attached hydrogens (tertiary/aromatic N) is 1. The molecule has 0 saturated heterocycles. The molecule has 0 aromatic heterocycles. The Morgan fingerprint density at radius 2 is 2.13 bits per heavy atom. The topological polar surface area (TPSA) is 40.5 Å². The van der Waals surface area contributed by atoms with E-state index in [1.165, 1.54) is 6.08 Å². The molecule has 80 valence electrons. The second kappa shape index (κ2) is 5.32. The Labute approximate surface area is 89.6 Å². The number of rotatable bonds is 5. The molecule has 1 rings (SSSR count). The van der Waals surface area contributed by atoms with Gasteiger partial charge in [-0.25, -0.2) is 0 Å². The smallest absolute Gasteiger partial charge is 0.324 e. The molecule has 0 saturated carbocycles. The second-order valence-corrected chi connectivity index (χ2v) is 3.42. The van der Waals surface area contributed by atoms with Gasteiger partial charge in [0.15, 0.2) is 0 Å². The van der Waals surface area contributed by atoms with Crippen LogP contribution in [0.5, 0.6) is 0 Å². The molecule has 0 aliphatic rings. The van der Waals surface area contributed by atoms with Crippen LogP contribution in [0.15, 0.2) is 43.0 Å². The lowest BCUT2D eigenvalue weighted by atomic mass is 10.2. The Kier molecular flexibility index (Phi) is 4.06. The molecule has 0 aliphatic heterocycles. The monoisotopic (exact) mass is 205 g/mol. The first kappa shape index (κ1) is 11.5. The molecule has 1 aromatic rings. The van der Waals surface area contributed by atoms with Crippen molar-refractivity contribution in [3.8, 4) is 0 Å². The Hall–Kier alpha value is -1.61. The van der Waals surface area contributed by atoms with Gasteiger partial charge in [0.05, 0.1) is 0 Å². The van der Waals surface area contributed by atoms with E-state index >= 15 is 0 Å². The van der Waals surface area contributed by atoms with Gasteiger partial charge in [0, 0.05) is 6.54 Å². The molecule has 0 amide bonds. The van der Waals surface area contributed by atoms with Gasteiger partial charge >= 0.3 is 5.97 Å². The van der Waals surface area contributed by atoms with Gasteiger partial charge in [-0.3, -0.25) is 9.69 Å². The summed E-state index contributed by atoms with van der Waals surface area (Å²) in [4.78, 5) is 12.6. The molecule has 0 bridgehead atoms. The Morgan fingerprint density at radius 1 is 1.53 bits per heavy atom. The van der Waals surface area contributed by atoms with Crippen molar-refractivity contribution in [2.75, 3.05) is 7.05 Å². The van der Waals surface area contributed by atoms with E-state index < -0.39 is 12.0 Å². The predicted octanol–water partition coefficient (Wildman–Crippen LogP) is 1.76. The molecule has 1 atom stereocenters. The minimum atomic E-state index is -0.872. The maximum absolute atomic E-state index is 10.8. The van der Waals surface area contributed by atoms with Crippen molar-refractivity contribution in [2.45, 2.75) is 12.6 Å². The maximum atomic E-state index is 10.8. The molecule has 3 nitrogen and oxygen atoms in total. The Bertz CT molecular complexity index is 335. The van der Waals surface area contributed by atoms with Gasteiger partial charge in [-0.05, 0) is 12.6 Å². The predicted molar refractivity (Wildman–Crippen MR) is 59.5 cm³/mol. The Balaban J connectivity index is 2.66. The summed E-state index contributed by atoms with van der Waals surface area (Å²) in [5, 5.41) is 8.91. The van der Waals surface area contributed by atoms with Crippen LogP contribution in [-0.4, -0.2) is 29.1 Å². The number of carboxylic acids is 1. The third-order valence-corrected chi connectivity index (χ3v) is 2.23. The Morgan fingerprint density at radius 3 is 2.60 bits per heavy atom. The zero-order valence-corrected chi connectivity index (χ0v) is 8.76. The van der Waals surface area contributed by atoms with Crippen LogP contribution in [0.2, 0.25) is 0 Å². The summed E-state index contributed by atoms with van der Waals surface area (Å²) in [5.74, 6) is -0.872. The number of hydrogen-bond donors (Lipinski definition) is 1. The molecule has 0 aliphatic carbocycles. The van der Waals surface area contributed by atoms with Gasteiger partial charge < -0.3 is 5.11 Å². The SMILES string of the molecule is C=CC(C(=O)O)N(C)Cc1ccccc1. The largest absolute Gasteiger partial charge is 0.480 e. The number of carboxylic acid groups (broad SMARTS) is 1. The quantitative estimate of drug-likeness (QED) is 0.744. The summed E-state index contributed by atoms with van der Waals surface area (Å²) in [6.07, 6.45) is 1.44. The van der Waals surface area contributed by atoms with Gasteiger partial charge in [-0.1, -0.05) is 36.4 Å². The van der Waals surface area contributed by atoms with Gasteiger partial charge in [0.25, 0.3) is 0 Å². The van der Waals surface area contributed by atoms with Crippen LogP contribution in [0.4, 0.5) is 0 Å². The average molecular weight is 205 g/mol. The van der Waals surface area contributed by atoms with Crippen LogP contribution in [0.25, 0.3) is 0 Å². The van der Waals surface area contributed by atoms with E-state index in [4.69, 9.17) is 5.11 Å². The highest BCUT2D eigenvalue weighted by atomic mass is 16.4. The molecule has 1 aromatic carbocycles. The van der Waals surface area contributed by atoms with E-state index in [1.54, 1.807) is 11.9 Å². The van der Waals surface area contributed by atoms with Crippen molar-refractivity contribution >= 4 is 5.97 Å². The molecule has 0 heterocycles. The highest BCUT2D eigenvalue weighted by Gasteiger charge is 2.18. The number of carbonyl (C=O) groups is 1. The van der Waals surface area contributed by atoms with E-state index in [-0.39, 0.29) is 0 Å². The van der Waals surface area contributed by atoms with E-state index in [1.807, 2.05) is 30.3 Å². The molecule has 3 heteroatoms. The number of hydrogen-bond acceptors (Lipinski definition) is 2. The fourth-order valence-corrected chi connectivity index (χ4v) is 1.44. The van der Waals surface area contributed by atoms with Crippen LogP contribution in [-0.2, 0) is 11.3 Å².